The van der Waals surface area contributed by atoms with Crippen molar-refractivity contribution < 1.29 is 9.21 Å². The average molecular weight is 199 g/mol. The molecule has 74 valence electrons. The van der Waals surface area contributed by atoms with Gasteiger partial charge in [0, 0.05) is 18.0 Å². The molecule has 0 saturated heterocycles. The molecule has 2 rings (SSSR count). The molecule has 0 N–H and O–H groups in total. The Morgan fingerprint density at radius 3 is 2.73 bits per heavy atom. The molecule has 0 atom stereocenters. The van der Waals surface area contributed by atoms with Crippen molar-refractivity contribution in [1.29, 1.82) is 0 Å². The summed E-state index contributed by atoms with van der Waals surface area (Å²) in [5, 5.41) is 0. The van der Waals surface area contributed by atoms with Gasteiger partial charge < -0.3 is 4.42 Å². The van der Waals surface area contributed by atoms with Crippen molar-refractivity contribution in [3.05, 3.63) is 60.3 Å². The van der Waals surface area contributed by atoms with E-state index in [-0.39, 0.29) is 5.78 Å². The fraction of sp³-hybridized carbons (Fsp3) is 0. The predicted molar refractivity (Wildman–Crippen MR) is 56.3 cm³/mol. The zero-order valence-corrected chi connectivity index (χ0v) is 7.96. The monoisotopic (exact) mass is 199 g/mol. The van der Waals surface area contributed by atoms with Crippen LogP contribution in [0.5, 0.6) is 0 Å². The van der Waals surface area contributed by atoms with E-state index in [2.05, 4.69) is 4.98 Å². The summed E-state index contributed by atoms with van der Waals surface area (Å²) in [6.45, 7) is 0. The van der Waals surface area contributed by atoms with E-state index in [0.717, 1.165) is 0 Å². The summed E-state index contributed by atoms with van der Waals surface area (Å²) in [4.78, 5) is 15.4. The summed E-state index contributed by atoms with van der Waals surface area (Å²) in [5.41, 5.74) is 0.618. The van der Waals surface area contributed by atoms with E-state index in [4.69, 9.17) is 4.42 Å². The third kappa shape index (κ3) is 2.40. The van der Waals surface area contributed by atoms with Crippen LogP contribution in [0.15, 0.2) is 53.4 Å². The van der Waals surface area contributed by atoms with E-state index in [1.54, 1.807) is 49.0 Å². The summed E-state index contributed by atoms with van der Waals surface area (Å²) in [6, 6.07) is 6.91. The lowest BCUT2D eigenvalue weighted by Gasteiger charge is -1.92. The molecule has 2 aromatic rings. The SMILES string of the molecule is O=C(C=Cc1ccco1)c1ccncc1. The molecule has 3 nitrogen and oxygen atoms in total. The molecule has 0 aromatic carbocycles. The zero-order chi connectivity index (χ0) is 10.5. The van der Waals surface area contributed by atoms with Crippen molar-refractivity contribution >= 4 is 11.9 Å². The van der Waals surface area contributed by atoms with E-state index in [9.17, 15) is 4.79 Å². The highest BCUT2D eigenvalue weighted by Gasteiger charge is 1.99. The molecule has 2 aromatic heterocycles. The van der Waals surface area contributed by atoms with Gasteiger partial charge in [0.25, 0.3) is 0 Å². The maximum absolute atomic E-state index is 11.6. The van der Waals surface area contributed by atoms with Gasteiger partial charge in [-0.1, -0.05) is 0 Å². The molecular formula is C12H9NO2. The first-order valence-electron chi connectivity index (χ1n) is 4.52. The van der Waals surface area contributed by atoms with E-state index >= 15 is 0 Å². The van der Waals surface area contributed by atoms with Crippen molar-refractivity contribution in [3.8, 4) is 0 Å². The van der Waals surface area contributed by atoms with Crippen molar-refractivity contribution in [3.63, 3.8) is 0 Å². The van der Waals surface area contributed by atoms with Crippen LogP contribution >= 0.6 is 0 Å². The number of furan rings is 1. The number of pyridine rings is 1. The van der Waals surface area contributed by atoms with Gasteiger partial charge in [0.05, 0.1) is 6.26 Å². The molecule has 0 spiro atoms. The molecule has 0 aliphatic heterocycles. The number of rotatable bonds is 3. The largest absolute Gasteiger partial charge is 0.465 e. The van der Waals surface area contributed by atoms with Crippen LogP contribution in [0, 0.1) is 0 Å². The second-order valence-corrected chi connectivity index (χ2v) is 2.95. The zero-order valence-electron chi connectivity index (χ0n) is 7.96. The van der Waals surface area contributed by atoms with Gasteiger partial charge in [0.2, 0.25) is 0 Å². The maximum Gasteiger partial charge on any atom is 0.186 e. The number of aromatic nitrogens is 1. The summed E-state index contributed by atoms with van der Waals surface area (Å²) >= 11 is 0. The van der Waals surface area contributed by atoms with Crippen LogP contribution in [-0.4, -0.2) is 10.8 Å². The molecule has 0 radical (unpaired) electrons. The van der Waals surface area contributed by atoms with E-state index < -0.39 is 0 Å². The van der Waals surface area contributed by atoms with Crippen LogP contribution < -0.4 is 0 Å². The highest BCUT2D eigenvalue weighted by molar-refractivity contribution is 6.06. The van der Waals surface area contributed by atoms with Crippen molar-refractivity contribution in [2.75, 3.05) is 0 Å². The Bertz CT molecular complexity index is 458. The Balaban J connectivity index is 2.11. The van der Waals surface area contributed by atoms with E-state index in [0.29, 0.717) is 11.3 Å². The summed E-state index contributed by atoms with van der Waals surface area (Å²) in [6.07, 6.45) is 7.87. The second kappa shape index (κ2) is 4.37. The van der Waals surface area contributed by atoms with Gasteiger partial charge in [-0.2, -0.15) is 0 Å². The van der Waals surface area contributed by atoms with Crippen LogP contribution in [0.1, 0.15) is 16.1 Å². The smallest absolute Gasteiger partial charge is 0.186 e. The lowest BCUT2D eigenvalue weighted by Crippen LogP contribution is -1.93. The molecule has 0 bridgehead atoms. The quantitative estimate of drug-likeness (QED) is 0.563. The molecule has 0 aliphatic carbocycles. The number of hydrogen-bond acceptors (Lipinski definition) is 3. The van der Waals surface area contributed by atoms with E-state index in [1.807, 2.05) is 0 Å². The van der Waals surface area contributed by atoms with Gasteiger partial charge >= 0.3 is 0 Å². The Labute approximate surface area is 87.1 Å². The minimum atomic E-state index is -0.0613. The van der Waals surface area contributed by atoms with Crippen LogP contribution in [0.4, 0.5) is 0 Å². The van der Waals surface area contributed by atoms with Crippen LogP contribution in [0.25, 0.3) is 6.08 Å². The van der Waals surface area contributed by atoms with Gasteiger partial charge in [0.15, 0.2) is 5.78 Å². The fourth-order valence-electron chi connectivity index (χ4n) is 1.16. The van der Waals surface area contributed by atoms with Crippen LogP contribution in [0.3, 0.4) is 0 Å². The van der Waals surface area contributed by atoms with Gasteiger partial charge in [-0.05, 0) is 36.4 Å². The van der Waals surface area contributed by atoms with Crippen molar-refractivity contribution in [1.82, 2.24) is 4.98 Å². The second-order valence-electron chi connectivity index (χ2n) is 2.95. The highest BCUT2D eigenvalue weighted by atomic mass is 16.3. The number of carbonyl (C=O) groups is 1. The molecular weight excluding hydrogens is 190 g/mol. The van der Waals surface area contributed by atoms with Gasteiger partial charge in [0.1, 0.15) is 5.76 Å². The summed E-state index contributed by atoms with van der Waals surface area (Å²) in [5.74, 6) is 0.603. The first-order valence-corrected chi connectivity index (χ1v) is 4.52. The third-order valence-electron chi connectivity index (χ3n) is 1.91. The van der Waals surface area contributed by atoms with Crippen molar-refractivity contribution in [2.45, 2.75) is 0 Å². The van der Waals surface area contributed by atoms with Gasteiger partial charge in [-0.15, -0.1) is 0 Å². The molecule has 0 aliphatic rings. The van der Waals surface area contributed by atoms with Crippen LogP contribution in [-0.2, 0) is 0 Å². The highest BCUT2D eigenvalue weighted by Crippen LogP contribution is 2.05. The lowest BCUT2D eigenvalue weighted by atomic mass is 10.1. The Morgan fingerprint density at radius 1 is 1.27 bits per heavy atom. The number of ketones is 1. The molecule has 2 heterocycles. The minimum absolute atomic E-state index is 0.0613. The Hall–Kier alpha value is -2.16. The lowest BCUT2D eigenvalue weighted by molar-refractivity contribution is 0.104. The predicted octanol–water partition coefficient (Wildman–Crippen LogP) is 2.57. The molecule has 3 heteroatoms. The standard InChI is InChI=1S/C12H9NO2/c14-12(10-5-7-13-8-6-10)4-3-11-2-1-9-15-11/h1-9H. The first-order chi connectivity index (χ1) is 7.36. The number of allylic oxidation sites excluding steroid dienone is 1. The third-order valence-corrected chi connectivity index (χ3v) is 1.91. The number of nitrogens with zero attached hydrogens (tertiary/aromatic N) is 1. The fourth-order valence-corrected chi connectivity index (χ4v) is 1.16. The first kappa shape index (κ1) is 9.40. The van der Waals surface area contributed by atoms with Gasteiger partial charge in [-0.25, -0.2) is 0 Å². The topological polar surface area (TPSA) is 43.1 Å². The molecule has 0 unspecified atom stereocenters. The average Bonchev–Trinajstić information content (AvgIpc) is 2.80. The van der Waals surface area contributed by atoms with Crippen LogP contribution in [0.2, 0.25) is 0 Å². The molecule has 0 saturated carbocycles. The molecule has 0 fully saturated rings. The Morgan fingerprint density at radius 2 is 2.07 bits per heavy atom. The summed E-state index contributed by atoms with van der Waals surface area (Å²) < 4.78 is 5.07. The number of carbonyl (C=O) groups excluding carboxylic acids is 1. The molecule has 0 amide bonds. The number of hydrogen-bond donors (Lipinski definition) is 0. The maximum atomic E-state index is 11.6. The van der Waals surface area contributed by atoms with E-state index in [1.165, 1.54) is 6.08 Å². The van der Waals surface area contributed by atoms with Crippen molar-refractivity contribution in [2.24, 2.45) is 0 Å². The molecule has 15 heavy (non-hydrogen) atoms. The van der Waals surface area contributed by atoms with Gasteiger partial charge in [-0.3, -0.25) is 9.78 Å². The summed E-state index contributed by atoms with van der Waals surface area (Å²) in [7, 11) is 0. The minimum Gasteiger partial charge on any atom is -0.465 e. The normalized spacial score (nSPS) is 10.7. The Kier molecular flexibility index (Phi) is 2.74.